The number of hydrogen-bond acceptors (Lipinski definition) is 5. The number of fused-ring (bicyclic) bond motifs is 7. The molecule has 6 aliphatic carbocycles. The minimum atomic E-state index is -0.881. The monoisotopic (exact) mass is 720 g/mol. The molecule has 3 N–H and O–H groups in total. The first-order valence-electron chi connectivity index (χ1n) is 21.7. The highest BCUT2D eigenvalue weighted by molar-refractivity contribution is 5.73. The smallest absolute Gasteiger partial charge is 0.309 e. The summed E-state index contributed by atoms with van der Waals surface area (Å²) in [6.07, 6.45) is 16.8. The van der Waals surface area contributed by atoms with Crippen LogP contribution in [0.25, 0.3) is 0 Å². The number of carboxylic acids is 1. The van der Waals surface area contributed by atoms with Gasteiger partial charge in [-0.05, 0) is 162 Å². The van der Waals surface area contributed by atoms with Gasteiger partial charge in [-0.15, -0.1) is 0 Å². The van der Waals surface area contributed by atoms with Crippen molar-refractivity contribution in [3.63, 3.8) is 0 Å². The van der Waals surface area contributed by atoms with Crippen molar-refractivity contribution in [2.75, 3.05) is 39.3 Å². The van der Waals surface area contributed by atoms with Gasteiger partial charge in [0.1, 0.15) is 6.10 Å². The number of carboxylic acid groups (broad SMARTS) is 1. The lowest BCUT2D eigenvalue weighted by atomic mass is 9.30. The van der Waals surface area contributed by atoms with Crippen molar-refractivity contribution < 1.29 is 14.6 Å². The number of nitrogens with two attached hydrogens (primary N) is 1. The number of nitrogens with zero attached hydrogens (tertiary/aromatic N) is 2. The van der Waals surface area contributed by atoms with Crippen LogP contribution in [0.3, 0.4) is 0 Å². The van der Waals surface area contributed by atoms with Crippen molar-refractivity contribution >= 4 is 5.97 Å². The fourth-order valence-corrected chi connectivity index (χ4v) is 15.1. The first kappa shape index (κ1) is 38.9. The Bertz CT molecular complexity index is 1410. The van der Waals surface area contributed by atoms with Crippen LogP contribution in [0, 0.1) is 62.1 Å². The Morgan fingerprint density at radius 2 is 1.50 bits per heavy atom. The van der Waals surface area contributed by atoms with Crippen molar-refractivity contribution in [2.45, 2.75) is 157 Å². The fourth-order valence-electron chi connectivity index (χ4n) is 15.1. The van der Waals surface area contributed by atoms with Crippen LogP contribution in [0.4, 0.5) is 0 Å². The highest BCUT2D eigenvalue weighted by Crippen LogP contribution is 2.78. The molecule has 6 saturated carbocycles. The molecule has 0 aromatic carbocycles. The minimum Gasteiger partial charge on any atom is -0.495 e. The summed E-state index contributed by atoms with van der Waals surface area (Å²) >= 11 is 0. The fraction of sp³-hybridized carbons (Fsp3) is 0.891. The van der Waals surface area contributed by atoms with E-state index in [1.165, 1.54) is 109 Å². The molecule has 1 saturated heterocycles. The Morgan fingerprint density at radius 3 is 2.13 bits per heavy atom. The molecule has 0 spiro atoms. The molecule has 1 heterocycles. The third-order valence-electron chi connectivity index (χ3n) is 18.6. The van der Waals surface area contributed by atoms with E-state index in [0.717, 1.165) is 25.2 Å². The van der Waals surface area contributed by atoms with Crippen molar-refractivity contribution in [2.24, 2.45) is 67.8 Å². The van der Waals surface area contributed by atoms with Gasteiger partial charge >= 0.3 is 5.97 Å². The second-order valence-corrected chi connectivity index (χ2v) is 22.0. The lowest BCUT2D eigenvalue weighted by Crippen LogP contribution is -2.76. The van der Waals surface area contributed by atoms with E-state index < -0.39 is 11.4 Å². The van der Waals surface area contributed by atoms with Crippen molar-refractivity contribution in [1.29, 1.82) is 0 Å². The molecule has 1 aliphatic heterocycles. The molecular formula is C46H77N3O3. The summed E-state index contributed by atoms with van der Waals surface area (Å²) < 4.78 is 6.66. The highest BCUT2D eigenvalue weighted by Gasteiger charge is 2.75. The van der Waals surface area contributed by atoms with Crippen molar-refractivity contribution in [1.82, 2.24) is 9.80 Å². The second kappa shape index (κ2) is 13.1. The average molecular weight is 720 g/mol. The van der Waals surface area contributed by atoms with E-state index >= 15 is 0 Å². The topological polar surface area (TPSA) is 79.0 Å². The average Bonchev–Trinajstić information content (AvgIpc) is 3.79. The maximum Gasteiger partial charge on any atom is 0.309 e. The summed E-state index contributed by atoms with van der Waals surface area (Å²) in [6.45, 7) is 35.2. The third-order valence-corrected chi connectivity index (χ3v) is 18.6. The predicted octanol–water partition coefficient (Wildman–Crippen LogP) is 9.54. The van der Waals surface area contributed by atoms with Gasteiger partial charge in [0.2, 0.25) is 0 Å². The van der Waals surface area contributed by atoms with Gasteiger partial charge in [0.25, 0.3) is 0 Å². The summed E-state index contributed by atoms with van der Waals surface area (Å²) in [5.74, 6) is 3.06. The third kappa shape index (κ3) is 6.00. The number of hydrogen-bond donors (Lipinski definition) is 2. The normalized spacial score (nSPS) is 44.9. The first-order chi connectivity index (χ1) is 24.2. The number of allylic oxidation sites excluding steroid dienone is 2. The SMILES string of the molecule is C=C(CC(C)(C)C(=O)O)OC1CCC2(C)[C@H]3CCC4(N)[C@H]5[C@H](C(=C)C)CCC5(CCN5CCN(CC6CC6)CC5)CC[C@@]4(C)C3(C)CC[C@H]2C1(C)C. The van der Waals surface area contributed by atoms with Gasteiger partial charge in [-0.1, -0.05) is 53.3 Å². The van der Waals surface area contributed by atoms with Gasteiger partial charge in [-0.3, -0.25) is 4.79 Å². The standard InChI is InChI=1S/C46H77N3O3/c1-31(2)34-13-19-45(23-24-48-25-27-49(28-26-48)30-33-11-12-33)22-21-44(10)43(9)18-14-35-41(6,7)37(52-32(3)29-40(4,5)39(50)51)16-17-42(35,8)36(43)15-20-46(44,47)38(34)45/h33-38H,1,3,11-30,47H2,2,4-10H3,(H,50,51)/t34-,35-,36+,37?,38-,42?,43?,44-,45?,46?/m0/s1. The van der Waals surface area contributed by atoms with Crippen molar-refractivity contribution in [3.05, 3.63) is 24.5 Å². The largest absolute Gasteiger partial charge is 0.495 e. The zero-order chi connectivity index (χ0) is 37.7. The van der Waals surface area contributed by atoms with Gasteiger partial charge in [0.15, 0.2) is 0 Å². The van der Waals surface area contributed by atoms with Gasteiger partial charge in [-0.25, -0.2) is 0 Å². The lowest BCUT2D eigenvalue weighted by Gasteiger charge is -2.76. The first-order valence-corrected chi connectivity index (χ1v) is 21.7. The van der Waals surface area contributed by atoms with Gasteiger partial charge in [0.05, 0.1) is 11.2 Å². The molecule has 5 unspecified atom stereocenters. The molecule has 7 aliphatic rings. The highest BCUT2D eigenvalue weighted by atomic mass is 16.5. The van der Waals surface area contributed by atoms with Crippen LogP contribution in [0.15, 0.2) is 24.5 Å². The maximum absolute atomic E-state index is 11.9. The number of piperazine rings is 1. The second-order valence-electron chi connectivity index (χ2n) is 22.0. The molecule has 0 bridgehead atoms. The molecule has 7 fully saturated rings. The number of ether oxygens (including phenoxy) is 1. The molecule has 52 heavy (non-hydrogen) atoms. The zero-order valence-electron chi connectivity index (χ0n) is 34.8. The molecule has 0 radical (unpaired) electrons. The van der Waals surface area contributed by atoms with Crippen LogP contribution >= 0.6 is 0 Å². The van der Waals surface area contributed by atoms with E-state index in [9.17, 15) is 9.90 Å². The number of aliphatic carboxylic acids is 1. The van der Waals surface area contributed by atoms with E-state index in [1.807, 2.05) is 0 Å². The van der Waals surface area contributed by atoms with E-state index in [0.29, 0.717) is 41.3 Å². The van der Waals surface area contributed by atoms with Crippen LogP contribution in [0.5, 0.6) is 0 Å². The number of carbonyl (C=O) groups is 1. The molecule has 0 amide bonds. The van der Waals surface area contributed by atoms with Gasteiger partial charge < -0.3 is 25.4 Å². The van der Waals surface area contributed by atoms with E-state index in [4.69, 9.17) is 10.5 Å². The predicted molar refractivity (Wildman–Crippen MR) is 213 cm³/mol. The van der Waals surface area contributed by atoms with Crippen LogP contribution in [0.2, 0.25) is 0 Å². The minimum absolute atomic E-state index is 0.0234. The summed E-state index contributed by atoms with van der Waals surface area (Å²) in [6, 6.07) is 0. The van der Waals surface area contributed by atoms with Crippen LogP contribution in [-0.2, 0) is 9.53 Å². The van der Waals surface area contributed by atoms with E-state index in [1.54, 1.807) is 13.8 Å². The summed E-state index contributed by atoms with van der Waals surface area (Å²) in [7, 11) is 0. The van der Waals surface area contributed by atoms with E-state index in [-0.39, 0.29) is 33.3 Å². The molecule has 294 valence electrons. The Labute approximate surface area is 318 Å². The summed E-state index contributed by atoms with van der Waals surface area (Å²) in [4.78, 5) is 17.4. The molecule has 6 nitrogen and oxygen atoms in total. The number of rotatable bonds is 11. The summed E-state index contributed by atoms with van der Waals surface area (Å²) in [5, 5.41) is 9.75. The molecule has 7 rings (SSSR count). The molecular weight excluding hydrogens is 643 g/mol. The van der Waals surface area contributed by atoms with Gasteiger partial charge in [-0.2, -0.15) is 0 Å². The maximum atomic E-state index is 11.9. The molecule has 0 aromatic rings. The molecule has 6 heteroatoms. The van der Waals surface area contributed by atoms with E-state index in [2.05, 4.69) is 64.5 Å². The Balaban J connectivity index is 1.10. The van der Waals surface area contributed by atoms with Gasteiger partial charge in [0, 0.05) is 50.1 Å². The van der Waals surface area contributed by atoms with Crippen molar-refractivity contribution in [3.8, 4) is 0 Å². The Kier molecular flexibility index (Phi) is 9.80. The molecule has 10 atom stereocenters. The molecule has 0 aromatic heterocycles. The Morgan fingerprint density at radius 1 is 0.846 bits per heavy atom. The quantitative estimate of drug-likeness (QED) is 0.164. The van der Waals surface area contributed by atoms with Crippen LogP contribution in [-0.4, -0.2) is 71.8 Å². The summed E-state index contributed by atoms with van der Waals surface area (Å²) in [5.41, 5.74) is 9.39. The lowest BCUT2D eigenvalue weighted by molar-refractivity contribution is -0.255. The zero-order valence-corrected chi connectivity index (χ0v) is 34.8. The Hall–Kier alpha value is -1.37. The van der Waals surface area contributed by atoms with Crippen LogP contribution in [0.1, 0.15) is 145 Å². The van der Waals surface area contributed by atoms with Crippen LogP contribution < -0.4 is 5.73 Å².